The van der Waals surface area contributed by atoms with Gasteiger partial charge in [0.15, 0.2) is 0 Å². The first-order chi connectivity index (χ1) is 38.0. The number of rotatable bonds is 9. The van der Waals surface area contributed by atoms with Gasteiger partial charge in [-0.15, -0.1) is 0 Å². The molecule has 0 fully saturated rings. The van der Waals surface area contributed by atoms with Gasteiger partial charge in [-0.2, -0.15) is 0 Å². The van der Waals surface area contributed by atoms with E-state index in [-0.39, 0.29) is 31.9 Å². The molecular formula is C73H63BiN4OPt-2. The number of hydrogen-bond acceptors (Lipinski definition) is 2. The molecule has 0 atom stereocenters. The number of hydrogen-bond donors (Lipinski definition) is 0. The standard InChI is InChI=1S/C55H41N4O.2C9H11.Bi.Pt/c1-54(2,3)38-30-31-56-51(32-38)59-47-24-13-12-20-43(47)44-28-26-39(33-49(44)59)60-40-27-29-45-50(34-40)58-35-57(48-25-15-23-46(53(48)58)55(45,4)5)52-41(36-16-8-6-9-17-36)21-14-22-42(52)37-18-10-7-11-19-37;2*1-7-4-8(2)6-9(3)5-7;;/h6-11,13-32H,1-5H3;2*4-5H,1-3H3;;/q-2;;;;. The monoisotopic (exact) mass is 1420 g/mol. The molecule has 1 aliphatic heterocycles. The van der Waals surface area contributed by atoms with E-state index in [1.807, 2.05) is 6.20 Å². The molecule has 7 heteroatoms. The van der Waals surface area contributed by atoms with Crippen LogP contribution in [0.25, 0.3) is 72.3 Å². The van der Waals surface area contributed by atoms with Gasteiger partial charge in [0.2, 0.25) is 0 Å². The van der Waals surface area contributed by atoms with Crippen LogP contribution >= 0.6 is 0 Å². The molecule has 0 spiro atoms. The number of imidazole rings is 1. The largest absolute Gasteiger partial charge is 0 e. The van der Waals surface area contributed by atoms with Crippen LogP contribution in [0.2, 0.25) is 0 Å². The number of nitrogens with zero attached hydrogens (tertiary/aromatic N) is 4. The van der Waals surface area contributed by atoms with Gasteiger partial charge in [-0.1, -0.05) is 111 Å². The maximum absolute atomic E-state index is 7.00. The van der Waals surface area contributed by atoms with Crippen LogP contribution in [-0.4, -0.2) is 35.9 Å². The Morgan fingerprint density at radius 1 is 0.575 bits per heavy atom. The molecule has 0 bridgehead atoms. The molecule has 5 nitrogen and oxygen atoms in total. The van der Waals surface area contributed by atoms with Crippen LogP contribution in [0.15, 0.2) is 182 Å². The van der Waals surface area contributed by atoms with Crippen molar-refractivity contribution in [3.05, 3.63) is 251 Å². The second-order valence-corrected chi connectivity index (χ2v) is 31.4. The number of ether oxygens (including phenoxy) is 1. The van der Waals surface area contributed by atoms with E-state index in [1.165, 1.54) is 53.2 Å². The maximum atomic E-state index is 7.00. The van der Waals surface area contributed by atoms with E-state index in [4.69, 9.17) is 9.72 Å². The Morgan fingerprint density at radius 2 is 1.16 bits per heavy atom. The Balaban J connectivity index is 0.00000637. The maximum Gasteiger partial charge on any atom is 0 e. The fourth-order valence-corrected chi connectivity index (χ4v) is 24.0. The summed E-state index contributed by atoms with van der Waals surface area (Å²) in [6.07, 6.45) is 5.86. The molecule has 0 saturated heterocycles. The van der Waals surface area contributed by atoms with Crippen LogP contribution in [0, 0.1) is 60.0 Å². The van der Waals surface area contributed by atoms with Crippen LogP contribution in [0.1, 0.15) is 84.7 Å². The summed E-state index contributed by atoms with van der Waals surface area (Å²) in [5, 5.41) is 2.30. The fourth-order valence-electron chi connectivity index (χ4n) is 12.7. The minimum atomic E-state index is -2.98. The number of pyridine rings is 1. The summed E-state index contributed by atoms with van der Waals surface area (Å²) >= 11 is -2.98. The van der Waals surface area contributed by atoms with Crippen molar-refractivity contribution in [1.29, 1.82) is 0 Å². The van der Waals surface area contributed by atoms with Gasteiger partial charge in [-0.05, 0) is 33.2 Å². The zero-order valence-corrected chi connectivity index (χ0v) is 53.0. The summed E-state index contributed by atoms with van der Waals surface area (Å²) in [5.74, 6) is 2.06. The molecule has 9 aromatic carbocycles. The van der Waals surface area contributed by atoms with E-state index < -0.39 is 21.8 Å². The number of para-hydroxylation sites is 2. The molecule has 13 rings (SSSR count). The minimum absolute atomic E-state index is 0. The third-order valence-electron chi connectivity index (χ3n) is 16.2. The van der Waals surface area contributed by atoms with E-state index in [0.29, 0.717) is 11.5 Å². The predicted molar refractivity (Wildman–Crippen MR) is 328 cm³/mol. The molecule has 80 heavy (non-hydrogen) atoms. The van der Waals surface area contributed by atoms with Gasteiger partial charge in [0.05, 0.1) is 16.7 Å². The average Bonchev–Trinajstić information content (AvgIpc) is 4.04. The Bertz CT molecular complexity index is 4270. The second kappa shape index (κ2) is 20.4. The van der Waals surface area contributed by atoms with E-state index in [9.17, 15) is 0 Å². The van der Waals surface area contributed by atoms with Gasteiger partial charge in [0, 0.05) is 21.1 Å². The van der Waals surface area contributed by atoms with Crippen molar-refractivity contribution >= 4 is 64.4 Å². The third-order valence-corrected chi connectivity index (χ3v) is 28.3. The summed E-state index contributed by atoms with van der Waals surface area (Å²) in [6.45, 7) is 25.2. The molecule has 4 heterocycles. The average molecular weight is 1420 g/mol. The molecule has 12 aromatic rings. The number of aromatic nitrogens is 4. The first-order valence-electron chi connectivity index (χ1n) is 27.5. The molecule has 0 aliphatic carbocycles. The summed E-state index contributed by atoms with van der Waals surface area (Å²) in [5.41, 5.74) is 22.1. The summed E-state index contributed by atoms with van der Waals surface area (Å²) in [7, 11) is 0. The van der Waals surface area contributed by atoms with E-state index >= 15 is 0 Å². The molecule has 0 amide bonds. The molecule has 0 radical (unpaired) electrons. The van der Waals surface area contributed by atoms with Crippen molar-refractivity contribution in [3.63, 3.8) is 0 Å². The number of aryl methyl sites for hydroxylation is 6. The van der Waals surface area contributed by atoms with E-state index in [1.54, 1.807) is 6.54 Å². The smallest absolute Gasteiger partial charge is 0 e. The first kappa shape index (κ1) is 53.4. The molecular weight excluding hydrogens is 1350 g/mol. The first-order valence-corrected chi connectivity index (χ1v) is 32.7. The molecule has 0 saturated carbocycles. The van der Waals surface area contributed by atoms with Crippen molar-refractivity contribution in [3.8, 4) is 50.9 Å². The third kappa shape index (κ3) is 8.99. The fraction of sp³-hybridized carbons (Fsp3) is 0.178. The quantitative estimate of drug-likeness (QED) is 0.0820. The number of benzene rings is 9. The van der Waals surface area contributed by atoms with E-state index in [0.717, 1.165) is 72.5 Å². The molecule has 1 aliphatic rings. The van der Waals surface area contributed by atoms with Crippen molar-refractivity contribution in [2.24, 2.45) is 0 Å². The van der Waals surface area contributed by atoms with Crippen molar-refractivity contribution in [2.45, 2.75) is 87.0 Å². The van der Waals surface area contributed by atoms with Gasteiger partial charge in [0.1, 0.15) is 0 Å². The summed E-state index contributed by atoms with van der Waals surface area (Å²) in [4.78, 5) is 5.09. The molecule has 0 unspecified atom stereocenters. The summed E-state index contributed by atoms with van der Waals surface area (Å²) in [6, 6.07) is 72.1. The van der Waals surface area contributed by atoms with Crippen LogP contribution in [0.4, 0.5) is 0 Å². The normalized spacial score (nSPS) is 12.8. The van der Waals surface area contributed by atoms with Gasteiger partial charge >= 0.3 is 305 Å². The second-order valence-electron chi connectivity index (χ2n) is 23.3. The van der Waals surface area contributed by atoms with Gasteiger partial charge < -0.3 is 0 Å². The Morgan fingerprint density at radius 3 is 1.77 bits per heavy atom. The summed E-state index contributed by atoms with van der Waals surface area (Å²) < 4.78 is 18.4. The van der Waals surface area contributed by atoms with Gasteiger partial charge in [0.25, 0.3) is 6.33 Å². The van der Waals surface area contributed by atoms with E-state index in [2.05, 4.69) is 284 Å². The Hall–Kier alpha value is -7.23. The Kier molecular flexibility index (Phi) is 13.6. The SMILES string of the molecule is Cc1cc(C)[c]([Bi]([c]2ccc3c(c2)c2ccc(Oc4[c-]c5c(cc4)C(C)(C)c4cccc6c4n-5[c-][n+]6-c4c(-c5ccccc5)cccc4-c4ccccc4)[c-]c2n3-c2cc(C(C)(C)C)ccn2)[c]2c(C)cc(C)cc2C)c(C)c1.[Pt]. The van der Waals surface area contributed by atoms with Crippen LogP contribution in [-0.2, 0) is 31.9 Å². The van der Waals surface area contributed by atoms with Crippen molar-refractivity contribution in [2.75, 3.05) is 0 Å². The van der Waals surface area contributed by atoms with Crippen LogP contribution in [0.3, 0.4) is 0 Å². The molecule has 398 valence electrons. The zero-order valence-electron chi connectivity index (χ0n) is 47.3. The number of fused-ring (bicyclic) bond motifs is 5. The Labute approximate surface area is 493 Å². The topological polar surface area (TPSA) is 35.9 Å². The van der Waals surface area contributed by atoms with Gasteiger partial charge in [-0.3, -0.25) is 4.57 Å². The minimum Gasteiger partial charge on any atom is 0 e. The van der Waals surface area contributed by atoms with Crippen molar-refractivity contribution in [1.82, 2.24) is 14.1 Å². The van der Waals surface area contributed by atoms with Crippen LogP contribution in [0.5, 0.6) is 11.5 Å². The molecule has 3 aromatic heterocycles. The predicted octanol–water partition coefficient (Wildman–Crippen LogP) is 15.2. The van der Waals surface area contributed by atoms with Crippen LogP contribution < -0.4 is 19.1 Å². The van der Waals surface area contributed by atoms with Crippen molar-refractivity contribution < 1.29 is 30.4 Å². The zero-order chi connectivity index (χ0) is 54.6. The van der Waals surface area contributed by atoms with Gasteiger partial charge in [-0.25, -0.2) is 0 Å². The molecule has 0 N–H and O–H groups in total.